The van der Waals surface area contributed by atoms with Crippen LogP contribution in [0, 0.1) is 0 Å². The van der Waals surface area contributed by atoms with Crippen LogP contribution in [0.2, 0.25) is 0 Å². The standard InChI is InChI=1S/C13H9NO3/c15-12(11-5-2-6-14-8-11)9-3-1-4-10(7-9)13(16)17/h1-8H,(H,16,17). The molecule has 0 saturated carbocycles. The van der Waals surface area contributed by atoms with E-state index in [4.69, 9.17) is 5.11 Å². The van der Waals surface area contributed by atoms with Crippen LogP contribution in [-0.2, 0) is 0 Å². The Morgan fingerprint density at radius 2 is 1.71 bits per heavy atom. The van der Waals surface area contributed by atoms with Gasteiger partial charge in [-0.3, -0.25) is 9.78 Å². The zero-order chi connectivity index (χ0) is 12.3. The van der Waals surface area contributed by atoms with Crippen LogP contribution < -0.4 is 0 Å². The average Bonchev–Trinajstić information content (AvgIpc) is 2.39. The number of ketones is 1. The summed E-state index contributed by atoms with van der Waals surface area (Å²) in [5.74, 6) is -1.29. The van der Waals surface area contributed by atoms with Gasteiger partial charge in [0, 0.05) is 23.5 Å². The molecule has 17 heavy (non-hydrogen) atoms. The van der Waals surface area contributed by atoms with E-state index in [2.05, 4.69) is 4.98 Å². The molecule has 1 heterocycles. The highest BCUT2D eigenvalue weighted by Crippen LogP contribution is 2.11. The molecule has 84 valence electrons. The minimum atomic E-state index is -1.05. The summed E-state index contributed by atoms with van der Waals surface area (Å²) in [5.41, 5.74) is 0.882. The maximum Gasteiger partial charge on any atom is 0.335 e. The number of rotatable bonds is 3. The summed E-state index contributed by atoms with van der Waals surface area (Å²) < 4.78 is 0. The molecule has 0 amide bonds. The molecule has 1 aromatic heterocycles. The van der Waals surface area contributed by atoms with Gasteiger partial charge in [-0.25, -0.2) is 4.79 Å². The Bertz CT molecular complexity index is 564. The summed E-state index contributed by atoms with van der Waals surface area (Å²) in [6.45, 7) is 0. The van der Waals surface area contributed by atoms with Crippen molar-refractivity contribution in [2.24, 2.45) is 0 Å². The lowest BCUT2D eigenvalue weighted by molar-refractivity contribution is 0.0697. The lowest BCUT2D eigenvalue weighted by Crippen LogP contribution is -2.04. The first-order chi connectivity index (χ1) is 8.18. The quantitative estimate of drug-likeness (QED) is 0.814. The van der Waals surface area contributed by atoms with Crippen molar-refractivity contribution in [3.63, 3.8) is 0 Å². The van der Waals surface area contributed by atoms with Crippen molar-refractivity contribution in [3.05, 3.63) is 65.5 Å². The van der Waals surface area contributed by atoms with Crippen molar-refractivity contribution < 1.29 is 14.7 Å². The first-order valence-electron chi connectivity index (χ1n) is 4.96. The fourth-order valence-electron chi connectivity index (χ4n) is 1.46. The van der Waals surface area contributed by atoms with Gasteiger partial charge in [0.15, 0.2) is 5.78 Å². The van der Waals surface area contributed by atoms with Gasteiger partial charge in [-0.05, 0) is 24.3 Å². The SMILES string of the molecule is O=C(O)c1cccc(C(=O)c2cccnc2)c1. The fourth-order valence-corrected chi connectivity index (χ4v) is 1.46. The van der Waals surface area contributed by atoms with E-state index in [1.165, 1.54) is 18.3 Å². The number of carbonyl (C=O) groups excluding carboxylic acids is 1. The summed E-state index contributed by atoms with van der Waals surface area (Å²) in [6.07, 6.45) is 3.03. The number of carbonyl (C=O) groups is 2. The molecule has 4 nitrogen and oxygen atoms in total. The molecule has 0 aliphatic heterocycles. The Balaban J connectivity index is 2.38. The molecule has 0 unspecified atom stereocenters. The summed E-state index contributed by atoms with van der Waals surface area (Å²) in [4.78, 5) is 26.6. The maximum absolute atomic E-state index is 12.0. The van der Waals surface area contributed by atoms with Gasteiger partial charge in [0.2, 0.25) is 0 Å². The summed E-state index contributed by atoms with van der Waals surface area (Å²) >= 11 is 0. The van der Waals surface area contributed by atoms with Gasteiger partial charge >= 0.3 is 5.97 Å². The van der Waals surface area contributed by atoms with Gasteiger partial charge < -0.3 is 5.11 Å². The molecule has 0 aliphatic rings. The number of benzene rings is 1. The number of pyridine rings is 1. The third-order valence-corrected chi connectivity index (χ3v) is 2.30. The molecule has 0 fully saturated rings. The molecule has 4 heteroatoms. The van der Waals surface area contributed by atoms with E-state index in [1.54, 1.807) is 30.5 Å². The zero-order valence-corrected chi connectivity index (χ0v) is 8.83. The highest BCUT2D eigenvalue weighted by molar-refractivity contribution is 6.09. The topological polar surface area (TPSA) is 67.3 Å². The van der Waals surface area contributed by atoms with Crippen LogP contribution in [0.5, 0.6) is 0 Å². The second kappa shape index (κ2) is 4.57. The Labute approximate surface area is 97.6 Å². The number of aromatic nitrogens is 1. The number of carboxylic acids is 1. The summed E-state index contributed by atoms with van der Waals surface area (Å²) in [5, 5.41) is 8.84. The van der Waals surface area contributed by atoms with E-state index in [0.717, 1.165) is 0 Å². The van der Waals surface area contributed by atoms with Crippen LogP contribution in [0.3, 0.4) is 0 Å². The van der Waals surface area contributed by atoms with Crippen LogP contribution in [-0.4, -0.2) is 21.8 Å². The second-order valence-corrected chi connectivity index (χ2v) is 3.46. The number of nitrogens with zero attached hydrogens (tertiary/aromatic N) is 1. The Morgan fingerprint density at radius 1 is 1.00 bits per heavy atom. The Hall–Kier alpha value is -2.49. The lowest BCUT2D eigenvalue weighted by atomic mass is 10.0. The van der Waals surface area contributed by atoms with E-state index in [1.807, 2.05) is 0 Å². The summed E-state index contributed by atoms with van der Waals surface area (Å²) in [6, 6.07) is 9.24. The number of carboxylic acid groups (broad SMARTS) is 1. The highest BCUT2D eigenvalue weighted by Gasteiger charge is 2.11. The molecule has 0 aliphatic carbocycles. The molecule has 0 saturated heterocycles. The molecule has 2 rings (SSSR count). The molecule has 0 atom stereocenters. The van der Waals surface area contributed by atoms with Crippen molar-refractivity contribution in [1.82, 2.24) is 4.98 Å². The van der Waals surface area contributed by atoms with Crippen LogP contribution in [0.1, 0.15) is 26.3 Å². The van der Waals surface area contributed by atoms with E-state index < -0.39 is 5.97 Å². The Morgan fingerprint density at radius 3 is 2.35 bits per heavy atom. The van der Waals surface area contributed by atoms with Crippen LogP contribution in [0.25, 0.3) is 0 Å². The third kappa shape index (κ3) is 2.36. The van der Waals surface area contributed by atoms with Gasteiger partial charge in [0.1, 0.15) is 0 Å². The molecule has 1 N–H and O–H groups in total. The van der Waals surface area contributed by atoms with Crippen molar-refractivity contribution in [3.8, 4) is 0 Å². The van der Waals surface area contributed by atoms with Crippen molar-refractivity contribution in [1.29, 1.82) is 0 Å². The van der Waals surface area contributed by atoms with Gasteiger partial charge in [-0.1, -0.05) is 12.1 Å². The normalized spacial score (nSPS) is 9.88. The number of hydrogen-bond acceptors (Lipinski definition) is 3. The minimum absolute atomic E-state index is 0.0970. The molecule has 0 radical (unpaired) electrons. The van der Waals surface area contributed by atoms with E-state index in [0.29, 0.717) is 11.1 Å². The molecular formula is C13H9NO3. The van der Waals surface area contributed by atoms with Crippen molar-refractivity contribution in [2.75, 3.05) is 0 Å². The second-order valence-electron chi connectivity index (χ2n) is 3.46. The maximum atomic E-state index is 12.0. The molecular weight excluding hydrogens is 218 g/mol. The minimum Gasteiger partial charge on any atom is -0.478 e. The van der Waals surface area contributed by atoms with E-state index in [-0.39, 0.29) is 11.3 Å². The van der Waals surface area contributed by atoms with Crippen molar-refractivity contribution in [2.45, 2.75) is 0 Å². The largest absolute Gasteiger partial charge is 0.478 e. The zero-order valence-electron chi connectivity index (χ0n) is 8.83. The predicted molar refractivity (Wildman–Crippen MR) is 61.1 cm³/mol. The van der Waals surface area contributed by atoms with Gasteiger partial charge in [0.05, 0.1) is 5.56 Å². The monoisotopic (exact) mass is 227 g/mol. The lowest BCUT2D eigenvalue weighted by Gasteiger charge is -2.01. The molecule has 0 bridgehead atoms. The molecule has 2 aromatic rings. The van der Waals surface area contributed by atoms with Crippen molar-refractivity contribution >= 4 is 11.8 Å². The first-order valence-corrected chi connectivity index (χ1v) is 4.96. The van der Waals surface area contributed by atoms with Crippen LogP contribution in [0.15, 0.2) is 48.8 Å². The third-order valence-electron chi connectivity index (χ3n) is 2.30. The first kappa shape index (κ1) is 11.0. The number of aromatic carboxylic acids is 1. The Kier molecular flexibility index (Phi) is 2.96. The number of hydrogen-bond donors (Lipinski definition) is 1. The van der Waals surface area contributed by atoms with E-state index in [9.17, 15) is 9.59 Å². The molecule has 0 spiro atoms. The van der Waals surface area contributed by atoms with Gasteiger partial charge in [0.25, 0.3) is 0 Å². The van der Waals surface area contributed by atoms with Crippen LogP contribution >= 0.6 is 0 Å². The predicted octanol–water partition coefficient (Wildman–Crippen LogP) is 2.01. The highest BCUT2D eigenvalue weighted by atomic mass is 16.4. The summed E-state index contributed by atoms with van der Waals surface area (Å²) in [7, 11) is 0. The smallest absolute Gasteiger partial charge is 0.335 e. The van der Waals surface area contributed by atoms with Gasteiger partial charge in [-0.15, -0.1) is 0 Å². The van der Waals surface area contributed by atoms with Gasteiger partial charge in [-0.2, -0.15) is 0 Å². The van der Waals surface area contributed by atoms with E-state index >= 15 is 0 Å². The fraction of sp³-hybridized carbons (Fsp3) is 0. The van der Waals surface area contributed by atoms with Crippen LogP contribution in [0.4, 0.5) is 0 Å². The molecule has 1 aromatic carbocycles. The average molecular weight is 227 g/mol.